The summed E-state index contributed by atoms with van der Waals surface area (Å²) in [6.07, 6.45) is 5.24. The molecule has 0 spiro atoms. The molecule has 0 unspecified atom stereocenters. The van der Waals surface area contributed by atoms with Gasteiger partial charge in [-0.3, -0.25) is 0 Å². The quantitative estimate of drug-likeness (QED) is 0.886. The molecule has 1 aliphatic carbocycles. The van der Waals surface area contributed by atoms with Crippen LogP contribution in [0, 0.1) is 5.41 Å². The molecule has 0 atom stereocenters. The van der Waals surface area contributed by atoms with Crippen molar-refractivity contribution in [2.75, 3.05) is 18.0 Å². The SMILES string of the molecule is CC(C)NCc1sc(N2CCC(C)(C)CC2)nc1C1CC1. The van der Waals surface area contributed by atoms with Crippen LogP contribution in [0.4, 0.5) is 5.13 Å². The second-order valence-corrected chi connectivity index (χ2v) is 8.83. The molecule has 118 valence electrons. The molecule has 2 heterocycles. The minimum Gasteiger partial charge on any atom is -0.348 e. The van der Waals surface area contributed by atoms with Gasteiger partial charge in [0.2, 0.25) is 0 Å². The van der Waals surface area contributed by atoms with Crippen LogP contribution >= 0.6 is 11.3 Å². The summed E-state index contributed by atoms with van der Waals surface area (Å²) in [6.45, 7) is 12.5. The lowest BCUT2D eigenvalue weighted by Crippen LogP contribution is -2.37. The zero-order chi connectivity index (χ0) is 15.0. The van der Waals surface area contributed by atoms with Crippen molar-refractivity contribution < 1.29 is 0 Å². The first kappa shape index (κ1) is 15.3. The van der Waals surface area contributed by atoms with E-state index in [0.717, 1.165) is 12.5 Å². The van der Waals surface area contributed by atoms with Crippen LogP contribution in [0.1, 0.15) is 69.9 Å². The number of nitrogens with zero attached hydrogens (tertiary/aromatic N) is 2. The minimum atomic E-state index is 0.509. The van der Waals surface area contributed by atoms with Gasteiger partial charge < -0.3 is 10.2 Å². The number of hydrogen-bond donors (Lipinski definition) is 1. The monoisotopic (exact) mass is 307 g/mol. The van der Waals surface area contributed by atoms with E-state index in [-0.39, 0.29) is 0 Å². The van der Waals surface area contributed by atoms with Crippen molar-refractivity contribution in [3.8, 4) is 0 Å². The molecular formula is C17H29N3S. The molecule has 1 saturated heterocycles. The van der Waals surface area contributed by atoms with Crippen molar-refractivity contribution >= 4 is 16.5 Å². The largest absolute Gasteiger partial charge is 0.348 e. The Bertz CT molecular complexity index is 478. The average Bonchev–Trinajstić information content (AvgIpc) is 3.17. The maximum absolute atomic E-state index is 5.03. The van der Waals surface area contributed by atoms with Crippen molar-refractivity contribution in [3.63, 3.8) is 0 Å². The summed E-state index contributed by atoms with van der Waals surface area (Å²) in [6, 6.07) is 0.540. The first-order valence-corrected chi connectivity index (χ1v) is 9.24. The van der Waals surface area contributed by atoms with Crippen LogP contribution in [-0.2, 0) is 6.54 Å². The molecule has 1 aromatic heterocycles. The maximum Gasteiger partial charge on any atom is 0.185 e. The van der Waals surface area contributed by atoms with Crippen LogP contribution in [0.2, 0.25) is 0 Å². The van der Waals surface area contributed by atoms with E-state index in [0.29, 0.717) is 11.5 Å². The van der Waals surface area contributed by atoms with Gasteiger partial charge in [0.1, 0.15) is 0 Å². The molecule has 2 aliphatic rings. The summed E-state index contributed by atoms with van der Waals surface area (Å²) >= 11 is 1.93. The highest BCUT2D eigenvalue weighted by atomic mass is 32.1. The summed E-state index contributed by atoms with van der Waals surface area (Å²) in [5.41, 5.74) is 1.91. The molecule has 1 saturated carbocycles. The van der Waals surface area contributed by atoms with E-state index in [1.54, 1.807) is 0 Å². The van der Waals surface area contributed by atoms with E-state index in [2.05, 4.69) is 37.9 Å². The molecule has 1 aliphatic heterocycles. The van der Waals surface area contributed by atoms with E-state index in [1.165, 1.54) is 54.5 Å². The highest BCUT2D eigenvalue weighted by molar-refractivity contribution is 7.15. The summed E-state index contributed by atoms with van der Waals surface area (Å²) in [4.78, 5) is 9.02. The number of nitrogens with one attached hydrogen (secondary N) is 1. The van der Waals surface area contributed by atoms with Gasteiger partial charge in [-0.1, -0.05) is 27.7 Å². The standard InChI is InChI=1S/C17H29N3S/c1-12(2)18-11-14-15(13-5-6-13)19-16(21-14)20-9-7-17(3,4)8-10-20/h12-13,18H,5-11H2,1-4H3. The topological polar surface area (TPSA) is 28.2 Å². The summed E-state index contributed by atoms with van der Waals surface area (Å²) in [5, 5.41) is 4.84. The van der Waals surface area contributed by atoms with Crippen molar-refractivity contribution in [3.05, 3.63) is 10.6 Å². The van der Waals surface area contributed by atoms with E-state index < -0.39 is 0 Å². The van der Waals surface area contributed by atoms with Crippen LogP contribution in [0.5, 0.6) is 0 Å². The molecule has 2 fully saturated rings. The molecule has 0 aromatic carbocycles. The van der Waals surface area contributed by atoms with Crippen LogP contribution < -0.4 is 10.2 Å². The van der Waals surface area contributed by atoms with Crippen molar-refractivity contribution in [1.82, 2.24) is 10.3 Å². The fraction of sp³-hybridized carbons (Fsp3) is 0.824. The van der Waals surface area contributed by atoms with E-state index in [4.69, 9.17) is 4.98 Å². The molecular weight excluding hydrogens is 278 g/mol. The van der Waals surface area contributed by atoms with Crippen molar-refractivity contribution in [2.45, 2.75) is 71.9 Å². The van der Waals surface area contributed by atoms with Gasteiger partial charge in [-0.05, 0) is 31.1 Å². The lowest BCUT2D eigenvalue weighted by molar-refractivity contribution is 0.279. The minimum absolute atomic E-state index is 0.509. The maximum atomic E-state index is 5.03. The van der Waals surface area contributed by atoms with Crippen molar-refractivity contribution in [2.24, 2.45) is 5.41 Å². The first-order chi connectivity index (χ1) is 9.94. The first-order valence-electron chi connectivity index (χ1n) is 8.42. The third-order valence-electron chi connectivity index (χ3n) is 4.74. The van der Waals surface area contributed by atoms with E-state index in [9.17, 15) is 0 Å². The molecule has 0 radical (unpaired) electrons. The van der Waals surface area contributed by atoms with E-state index >= 15 is 0 Å². The molecule has 4 heteroatoms. The molecule has 21 heavy (non-hydrogen) atoms. The fourth-order valence-electron chi connectivity index (χ4n) is 2.89. The Hall–Kier alpha value is -0.610. The molecule has 3 nitrogen and oxygen atoms in total. The molecule has 3 rings (SSSR count). The Balaban J connectivity index is 1.72. The van der Waals surface area contributed by atoms with Crippen LogP contribution in [0.3, 0.4) is 0 Å². The summed E-state index contributed by atoms with van der Waals surface area (Å²) in [5.74, 6) is 0.750. The average molecular weight is 308 g/mol. The third kappa shape index (κ3) is 3.78. The molecule has 1 N–H and O–H groups in total. The van der Waals surface area contributed by atoms with E-state index in [1.807, 2.05) is 11.3 Å². The van der Waals surface area contributed by atoms with Gasteiger partial charge in [0, 0.05) is 36.5 Å². The number of anilines is 1. The van der Waals surface area contributed by atoms with Gasteiger partial charge in [-0.2, -0.15) is 0 Å². The molecule has 1 aromatic rings. The second-order valence-electron chi connectivity index (χ2n) is 7.77. The Kier molecular flexibility index (Phi) is 4.28. The number of piperidine rings is 1. The number of rotatable bonds is 5. The highest BCUT2D eigenvalue weighted by Gasteiger charge is 2.32. The predicted molar refractivity (Wildman–Crippen MR) is 91.3 cm³/mol. The molecule has 0 amide bonds. The summed E-state index contributed by atoms with van der Waals surface area (Å²) < 4.78 is 0. The second kappa shape index (κ2) is 5.88. The van der Waals surface area contributed by atoms with Gasteiger partial charge in [-0.25, -0.2) is 4.98 Å². The highest BCUT2D eigenvalue weighted by Crippen LogP contribution is 2.45. The van der Waals surface area contributed by atoms with Crippen LogP contribution in [-0.4, -0.2) is 24.1 Å². The smallest absolute Gasteiger partial charge is 0.185 e. The Morgan fingerprint density at radius 3 is 2.52 bits per heavy atom. The Morgan fingerprint density at radius 2 is 1.95 bits per heavy atom. The zero-order valence-corrected chi connectivity index (χ0v) is 14.7. The Labute approximate surface area is 133 Å². The Morgan fingerprint density at radius 1 is 1.29 bits per heavy atom. The van der Waals surface area contributed by atoms with Gasteiger partial charge in [0.05, 0.1) is 5.69 Å². The number of aromatic nitrogens is 1. The molecule has 0 bridgehead atoms. The van der Waals surface area contributed by atoms with Gasteiger partial charge in [-0.15, -0.1) is 11.3 Å². The number of hydrogen-bond acceptors (Lipinski definition) is 4. The number of thiazole rings is 1. The summed E-state index contributed by atoms with van der Waals surface area (Å²) in [7, 11) is 0. The van der Waals surface area contributed by atoms with Crippen LogP contribution in [0.15, 0.2) is 0 Å². The van der Waals surface area contributed by atoms with Crippen molar-refractivity contribution in [1.29, 1.82) is 0 Å². The lowest BCUT2D eigenvalue weighted by atomic mass is 9.83. The zero-order valence-electron chi connectivity index (χ0n) is 13.9. The van der Waals surface area contributed by atoms with Crippen LogP contribution in [0.25, 0.3) is 0 Å². The van der Waals surface area contributed by atoms with Gasteiger partial charge in [0.25, 0.3) is 0 Å². The predicted octanol–water partition coefficient (Wildman–Crippen LogP) is 4.14. The van der Waals surface area contributed by atoms with Gasteiger partial charge >= 0.3 is 0 Å². The van der Waals surface area contributed by atoms with Gasteiger partial charge in [0.15, 0.2) is 5.13 Å². The third-order valence-corrected chi connectivity index (χ3v) is 5.87. The fourth-order valence-corrected chi connectivity index (χ4v) is 4.04. The normalized spacial score (nSPS) is 22.0. The lowest BCUT2D eigenvalue weighted by Gasteiger charge is -2.36.